The summed E-state index contributed by atoms with van der Waals surface area (Å²) in [5, 5.41) is 6.64. The number of aromatic nitrogens is 2. The molecule has 0 aliphatic rings. The topological polar surface area (TPSA) is 82.5 Å². The lowest BCUT2D eigenvalue weighted by molar-refractivity contribution is 0.0948. The molecule has 116 valence electrons. The zero-order chi connectivity index (χ0) is 15.9. The number of amides is 1. The molecule has 0 aliphatic carbocycles. The summed E-state index contributed by atoms with van der Waals surface area (Å²) in [5.74, 6) is 0.740. The third kappa shape index (κ3) is 3.63. The predicted molar refractivity (Wildman–Crippen MR) is 80.4 cm³/mol. The maximum atomic E-state index is 12.2. The van der Waals surface area contributed by atoms with Gasteiger partial charge in [-0.15, -0.1) is 0 Å². The van der Waals surface area contributed by atoms with Gasteiger partial charge in [0.15, 0.2) is 0 Å². The van der Waals surface area contributed by atoms with E-state index in [0.717, 1.165) is 0 Å². The third-order valence-electron chi connectivity index (χ3n) is 3.05. The van der Waals surface area contributed by atoms with Gasteiger partial charge in [-0.3, -0.25) is 9.59 Å². The number of ether oxygens (including phenoxy) is 2. The monoisotopic (exact) mass is 303 g/mol. The van der Waals surface area contributed by atoms with Crippen molar-refractivity contribution in [2.75, 3.05) is 20.8 Å². The number of nitrogens with zero attached hydrogens (tertiary/aromatic N) is 2. The van der Waals surface area contributed by atoms with Crippen molar-refractivity contribution in [1.82, 2.24) is 15.1 Å². The minimum atomic E-state index is -0.288. The summed E-state index contributed by atoms with van der Waals surface area (Å²) < 4.78 is 11.6. The molecule has 7 nitrogen and oxygen atoms in total. The Labute approximate surface area is 127 Å². The SMILES string of the molecule is COc1ccc(C(=O)NCCn2ncccc2=O)c(OC)c1. The Morgan fingerprint density at radius 2 is 2.09 bits per heavy atom. The number of methoxy groups -OCH3 is 2. The first-order chi connectivity index (χ1) is 10.7. The van der Waals surface area contributed by atoms with Crippen LogP contribution in [-0.4, -0.2) is 36.5 Å². The van der Waals surface area contributed by atoms with Crippen LogP contribution >= 0.6 is 0 Å². The fourth-order valence-electron chi connectivity index (χ4n) is 1.91. The minimum Gasteiger partial charge on any atom is -0.497 e. The molecule has 0 radical (unpaired) electrons. The van der Waals surface area contributed by atoms with E-state index in [1.54, 1.807) is 31.4 Å². The lowest BCUT2D eigenvalue weighted by Gasteiger charge is -2.11. The summed E-state index contributed by atoms with van der Waals surface area (Å²) in [6.07, 6.45) is 1.52. The summed E-state index contributed by atoms with van der Waals surface area (Å²) in [6.45, 7) is 0.578. The molecule has 0 saturated heterocycles. The molecule has 0 saturated carbocycles. The number of rotatable bonds is 6. The van der Waals surface area contributed by atoms with Gasteiger partial charge in [0.25, 0.3) is 11.5 Å². The smallest absolute Gasteiger partial charge is 0.266 e. The molecule has 0 unspecified atom stereocenters. The molecule has 1 N–H and O–H groups in total. The van der Waals surface area contributed by atoms with Gasteiger partial charge in [0.2, 0.25) is 0 Å². The predicted octanol–water partition coefficient (Wildman–Crippen LogP) is 0.690. The second-order valence-corrected chi connectivity index (χ2v) is 4.41. The molecular weight excluding hydrogens is 286 g/mol. The average Bonchev–Trinajstić information content (AvgIpc) is 2.55. The molecule has 0 spiro atoms. The maximum absolute atomic E-state index is 12.2. The van der Waals surface area contributed by atoms with Crippen molar-refractivity contribution in [2.24, 2.45) is 0 Å². The zero-order valence-corrected chi connectivity index (χ0v) is 12.4. The number of carbonyl (C=O) groups excluding carboxylic acids is 1. The van der Waals surface area contributed by atoms with Crippen molar-refractivity contribution >= 4 is 5.91 Å². The molecule has 2 aromatic rings. The second kappa shape index (κ2) is 7.26. The van der Waals surface area contributed by atoms with Crippen LogP contribution < -0.4 is 20.3 Å². The molecule has 1 aromatic heterocycles. The average molecular weight is 303 g/mol. The zero-order valence-electron chi connectivity index (χ0n) is 12.4. The summed E-state index contributed by atoms with van der Waals surface area (Å²) in [4.78, 5) is 23.6. The van der Waals surface area contributed by atoms with Gasteiger partial charge in [0.05, 0.1) is 26.3 Å². The first kappa shape index (κ1) is 15.6. The van der Waals surface area contributed by atoms with Crippen molar-refractivity contribution in [3.63, 3.8) is 0 Å². The number of benzene rings is 1. The summed E-state index contributed by atoms with van der Waals surface area (Å²) >= 11 is 0. The molecule has 7 heteroatoms. The Kier molecular flexibility index (Phi) is 5.13. The fourth-order valence-corrected chi connectivity index (χ4v) is 1.91. The fraction of sp³-hybridized carbons (Fsp3) is 0.267. The van der Waals surface area contributed by atoms with E-state index in [2.05, 4.69) is 10.4 Å². The maximum Gasteiger partial charge on any atom is 0.266 e. The Balaban J connectivity index is 2.01. The van der Waals surface area contributed by atoms with Crippen LogP contribution in [0.25, 0.3) is 0 Å². The molecule has 0 atom stereocenters. The van der Waals surface area contributed by atoms with Crippen LogP contribution in [0.5, 0.6) is 11.5 Å². The summed E-state index contributed by atoms with van der Waals surface area (Å²) in [5.41, 5.74) is 0.190. The normalized spacial score (nSPS) is 10.1. The first-order valence-corrected chi connectivity index (χ1v) is 6.68. The van der Waals surface area contributed by atoms with Crippen molar-refractivity contribution in [3.8, 4) is 11.5 Å². The van der Waals surface area contributed by atoms with Crippen molar-refractivity contribution in [2.45, 2.75) is 6.54 Å². The molecule has 22 heavy (non-hydrogen) atoms. The van der Waals surface area contributed by atoms with E-state index in [9.17, 15) is 9.59 Å². The van der Waals surface area contributed by atoms with E-state index in [0.29, 0.717) is 23.6 Å². The van der Waals surface area contributed by atoms with Crippen LogP contribution in [0.3, 0.4) is 0 Å². The van der Waals surface area contributed by atoms with Crippen LogP contribution in [0.1, 0.15) is 10.4 Å². The van der Waals surface area contributed by atoms with Crippen LogP contribution in [-0.2, 0) is 6.54 Å². The van der Waals surface area contributed by atoms with E-state index in [1.165, 1.54) is 24.1 Å². The quantitative estimate of drug-likeness (QED) is 0.849. The van der Waals surface area contributed by atoms with Crippen LogP contribution in [0, 0.1) is 0 Å². The highest BCUT2D eigenvalue weighted by Gasteiger charge is 2.12. The van der Waals surface area contributed by atoms with E-state index in [4.69, 9.17) is 9.47 Å². The van der Waals surface area contributed by atoms with Gasteiger partial charge < -0.3 is 14.8 Å². The molecule has 2 rings (SSSR count). The van der Waals surface area contributed by atoms with Crippen molar-refractivity contribution in [1.29, 1.82) is 0 Å². The van der Waals surface area contributed by atoms with Crippen molar-refractivity contribution in [3.05, 3.63) is 52.4 Å². The second-order valence-electron chi connectivity index (χ2n) is 4.41. The Hall–Kier alpha value is -2.83. The highest BCUT2D eigenvalue weighted by Crippen LogP contribution is 2.24. The largest absolute Gasteiger partial charge is 0.497 e. The minimum absolute atomic E-state index is 0.209. The van der Waals surface area contributed by atoms with Gasteiger partial charge in [0.1, 0.15) is 11.5 Å². The number of nitrogens with one attached hydrogen (secondary N) is 1. The number of hydrogen-bond donors (Lipinski definition) is 1. The van der Waals surface area contributed by atoms with E-state index in [1.807, 2.05) is 0 Å². The van der Waals surface area contributed by atoms with Crippen LogP contribution in [0.4, 0.5) is 0 Å². The molecule has 1 amide bonds. The molecule has 0 fully saturated rings. The number of hydrogen-bond acceptors (Lipinski definition) is 5. The highest BCUT2D eigenvalue weighted by atomic mass is 16.5. The Bertz CT molecular complexity index is 712. The Morgan fingerprint density at radius 1 is 1.27 bits per heavy atom. The molecule has 0 aliphatic heterocycles. The van der Waals surface area contributed by atoms with Gasteiger partial charge in [0, 0.05) is 24.9 Å². The van der Waals surface area contributed by atoms with E-state index >= 15 is 0 Å². The molecule has 0 bridgehead atoms. The molecular formula is C15H17N3O4. The van der Waals surface area contributed by atoms with Gasteiger partial charge in [-0.05, 0) is 18.2 Å². The highest BCUT2D eigenvalue weighted by molar-refractivity contribution is 5.97. The van der Waals surface area contributed by atoms with Gasteiger partial charge in [-0.25, -0.2) is 4.68 Å². The summed E-state index contributed by atoms with van der Waals surface area (Å²) in [7, 11) is 3.03. The Morgan fingerprint density at radius 3 is 2.77 bits per heavy atom. The van der Waals surface area contributed by atoms with Crippen LogP contribution in [0.2, 0.25) is 0 Å². The lowest BCUT2D eigenvalue weighted by Crippen LogP contribution is -2.31. The third-order valence-corrected chi connectivity index (χ3v) is 3.05. The van der Waals surface area contributed by atoms with E-state index < -0.39 is 0 Å². The van der Waals surface area contributed by atoms with E-state index in [-0.39, 0.29) is 18.0 Å². The summed E-state index contributed by atoms with van der Waals surface area (Å²) in [6, 6.07) is 7.93. The van der Waals surface area contributed by atoms with Gasteiger partial charge in [-0.2, -0.15) is 5.10 Å². The van der Waals surface area contributed by atoms with Gasteiger partial charge >= 0.3 is 0 Å². The first-order valence-electron chi connectivity index (χ1n) is 6.68. The molecule has 1 aromatic carbocycles. The van der Waals surface area contributed by atoms with Gasteiger partial charge in [-0.1, -0.05) is 0 Å². The van der Waals surface area contributed by atoms with Crippen molar-refractivity contribution < 1.29 is 14.3 Å². The number of carbonyl (C=O) groups is 1. The molecule has 1 heterocycles. The lowest BCUT2D eigenvalue weighted by atomic mass is 10.1. The van der Waals surface area contributed by atoms with Crippen LogP contribution in [0.15, 0.2) is 41.3 Å². The standard InChI is InChI=1S/C15H17N3O4/c1-21-11-5-6-12(13(10-11)22-2)15(20)16-8-9-18-14(19)4-3-7-17-18/h3-7,10H,8-9H2,1-2H3,(H,16,20).